The summed E-state index contributed by atoms with van der Waals surface area (Å²) in [6, 6.07) is 14.0. The number of aromatic nitrogens is 3. The first-order valence-electron chi connectivity index (χ1n) is 12.4. The van der Waals surface area contributed by atoms with Crippen molar-refractivity contribution >= 4 is 55.6 Å². The Bertz CT molecular complexity index is 1550. The molecule has 38 heavy (non-hydrogen) atoms. The molecule has 200 valence electrons. The zero-order valence-electron chi connectivity index (χ0n) is 21.6. The van der Waals surface area contributed by atoms with E-state index in [0.717, 1.165) is 31.6 Å². The minimum absolute atomic E-state index is 0.266. The molecule has 4 aromatic rings. The van der Waals surface area contributed by atoms with Crippen LogP contribution in [-0.4, -0.2) is 74.3 Å². The number of halogens is 1. The number of nitrogens with zero attached hydrogens (tertiary/aromatic N) is 5. The molecule has 0 unspecified atom stereocenters. The Hall–Kier alpha value is -3.90. The van der Waals surface area contributed by atoms with Crippen LogP contribution >= 0.6 is 0 Å². The molecule has 2 aromatic carbocycles. The molecule has 1 aliphatic rings. The SMILES string of the molecule is CCN(c1ccccc1Nc1nc(Nc2ccc(N3CCN(C)CC3)c(F)c2)nc2[nH]ccc12)S(C)(=O)=O. The van der Waals surface area contributed by atoms with Crippen LogP contribution in [0.4, 0.5) is 38.9 Å². The summed E-state index contributed by atoms with van der Waals surface area (Å²) in [5.41, 5.74) is 2.76. The topological polar surface area (TPSA) is 109 Å². The maximum Gasteiger partial charge on any atom is 0.232 e. The summed E-state index contributed by atoms with van der Waals surface area (Å²) in [4.78, 5) is 16.5. The van der Waals surface area contributed by atoms with Crippen molar-refractivity contribution in [2.75, 3.05) is 65.9 Å². The number of anilines is 6. The van der Waals surface area contributed by atoms with E-state index in [1.54, 1.807) is 37.4 Å². The van der Waals surface area contributed by atoms with Gasteiger partial charge in [0.05, 0.1) is 28.7 Å². The number of benzene rings is 2. The fourth-order valence-electron chi connectivity index (χ4n) is 4.62. The summed E-state index contributed by atoms with van der Waals surface area (Å²) in [6.45, 7) is 5.40. The minimum Gasteiger partial charge on any atom is -0.367 e. The summed E-state index contributed by atoms with van der Waals surface area (Å²) in [5.74, 6) is 0.431. The van der Waals surface area contributed by atoms with Crippen LogP contribution in [-0.2, 0) is 10.0 Å². The summed E-state index contributed by atoms with van der Waals surface area (Å²) in [7, 11) is -1.42. The molecule has 0 amide bonds. The van der Waals surface area contributed by atoms with Crippen molar-refractivity contribution in [3.8, 4) is 0 Å². The van der Waals surface area contributed by atoms with Gasteiger partial charge in [0, 0.05) is 44.6 Å². The first-order valence-corrected chi connectivity index (χ1v) is 14.3. The van der Waals surface area contributed by atoms with E-state index >= 15 is 4.39 Å². The number of H-pyrrole nitrogens is 1. The monoisotopic (exact) mass is 538 g/mol. The Kier molecular flexibility index (Phi) is 7.09. The second-order valence-electron chi connectivity index (χ2n) is 9.29. The normalized spacial score (nSPS) is 14.6. The maximum atomic E-state index is 15.0. The Labute approximate surface area is 221 Å². The molecule has 10 nitrogen and oxygen atoms in total. The number of rotatable bonds is 8. The summed E-state index contributed by atoms with van der Waals surface area (Å²) in [6.07, 6.45) is 2.93. The van der Waals surface area contributed by atoms with Crippen LogP contribution in [0.25, 0.3) is 11.0 Å². The Morgan fingerprint density at radius 2 is 1.82 bits per heavy atom. The van der Waals surface area contributed by atoms with E-state index in [1.807, 2.05) is 18.2 Å². The molecule has 0 aliphatic carbocycles. The molecule has 5 rings (SSSR count). The van der Waals surface area contributed by atoms with Crippen LogP contribution in [0.15, 0.2) is 54.7 Å². The molecule has 0 bridgehead atoms. The third-order valence-corrected chi connectivity index (χ3v) is 7.83. The Morgan fingerprint density at radius 3 is 2.53 bits per heavy atom. The number of nitrogens with one attached hydrogen (secondary N) is 3. The Balaban J connectivity index is 1.44. The third kappa shape index (κ3) is 5.36. The van der Waals surface area contributed by atoms with E-state index in [-0.39, 0.29) is 18.3 Å². The highest BCUT2D eigenvalue weighted by atomic mass is 32.2. The van der Waals surface area contributed by atoms with Gasteiger partial charge < -0.3 is 25.4 Å². The first-order chi connectivity index (χ1) is 18.2. The fourth-order valence-corrected chi connectivity index (χ4v) is 5.60. The fraction of sp³-hybridized carbons (Fsp3) is 0.308. The van der Waals surface area contributed by atoms with Crippen LogP contribution in [0.1, 0.15) is 6.92 Å². The predicted molar refractivity (Wildman–Crippen MR) is 151 cm³/mol. The number of sulfonamides is 1. The predicted octanol–water partition coefficient (Wildman–Crippen LogP) is 4.12. The van der Waals surface area contributed by atoms with Crippen LogP contribution in [0.5, 0.6) is 0 Å². The van der Waals surface area contributed by atoms with Gasteiger partial charge in [0.25, 0.3) is 0 Å². The lowest BCUT2D eigenvalue weighted by molar-refractivity contribution is 0.311. The van der Waals surface area contributed by atoms with E-state index in [4.69, 9.17) is 0 Å². The van der Waals surface area contributed by atoms with Gasteiger partial charge in [-0.2, -0.15) is 9.97 Å². The second kappa shape index (κ2) is 10.5. The van der Waals surface area contributed by atoms with Gasteiger partial charge in [-0.25, -0.2) is 12.8 Å². The van der Waals surface area contributed by atoms with Crippen molar-refractivity contribution in [1.82, 2.24) is 19.9 Å². The zero-order chi connectivity index (χ0) is 26.9. The maximum absolute atomic E-state index is 15.0. The largest absolute Gasteiger partial charge is 0.367 e. The smallest absolute Gasteiger partial charge is 0.232 e. The molecule has 3 heterocycles. The molecule has 1 fully saturated rings. The van der Waals surface area contributed by atoms with Crippen molar-refractivity contribution in [2.24, 2.45) is 0 Å². The minimum atomic E-state index is -3.48. The number of piperazine rings is 1. The molecule has 1 aliphatic heterocycles. The highest BCUT2D eigenvalue weighted by Crippen LogP contribution is 2.33. The molecule has 0 saturated carbocycles. The van der Waals surface area contributed by atoms with Gasteiger partial charge in [0.1, 0.15) is 17.3 Å². The van der Waals surface area contributed by atoms with Crippen molar-refractivity contribution in [1.29, 1.82) is 0 Å². The van der Waals surface area contributed by atoms with Crippen molar-refractivity contribution in [3.63, 3.8) is 0 Å². The van der Waals surface area contributed by atoms with Crippen molar-refractivity contribution in [2.45, 2.75) is 6.92 Å². The lowest BCUT2D eigenvalue weighted by Gasteiger charge is -2.34. The molecule has 3 N–H and O–H groups in total. The summed E-state index contributed by atoms with van der Waals surface area (Å²) < 4.78 is 41.1. The number of para-hydroxylation sites is 2. The van der Waals surface area contributed by atoms with Gasteiger partial charge in [-0.15, -0.1) is 0 Å². The molecule has 12 heteroatoms. The van der Waals surface area contributed by atoms with Crippen LogP contribution in [0.2, 0.25) is 0 Å². The van der Waals surface area contributed by atoms with Gasteiger partial charge in [-0.3, -0.25) is 4.31 Å². The molecular formula is C26H31FN8O2S. The lowest BCUT2D eigenvalue weighted by Crippen LogP contribution is -2.44. The van der Waals surface area contributed by atoms with E-state index in [1.165, 1.54) is 16.6 Å². The van der Waals surface area contributed by atoms with Crippen molar-refractivity contribution in [3.05, 3.63) is 60.5 Å². The van der Waals surface area contributed by atoms with E-state index in [9.17, 15) is 8.42 Å². The Morgan fingerprint density at radius 1 is 1.05 bits per heavy atom. The molecule has 2 aromatic heterocycles. The number of fused-ring (bicyclic) bond motifs is 1. The second-order valence-corrected chi connectivity index (χ2v) is 11.2. The van der Waals surface area contributed by atoms with E-state index in [2.05, 4.69) is 42.4 Å². The van der Waals surface area contributed by atoms with Gasteiger partial charge in [0.2, 0.25) is 16.0 Å². The first kappa shape index (κ1) is 25.7. The van der Waals surface area contributed by atoms with Gasteiger partial charge >= 0.3 is 0 Å². The highest BCUT2D eigenvalue weighted by molar-refractivity contribution is 7.92. The number of aromatic amines is 1. The number of hydrogen-bond acceptors (Lipinski definition) is 8. The van der Waals surface area contributed by atoms with Crippen LogP contribution in [0.3, 0.4) is 0 Å². The van der Waals surface area contributed by atoms with Gasteiger partial charge in [-0.05, 0) is 50.4 Å². The zero-order valence-corrected chi connectivity index (χ0v) is 22.4. The summed E-state index contributed by atoms with van der Waals surface area (Å²) >= 11 is 0. The lowest BCUT2D eigenvalue weighted by atomic mass is 10.2. The molecule has 0 atom stereocenters. The number of likely N-dealkylation sites (N-methyl/N-ethyl adjacent to an activating group) is 1. The average molecular weight is 539 g/mol. The third-order valence-electron chi connectivity index (χ3n) is 6.58. The van der Waals surface area contributed by atoms with E-state index < -0.39 is 10.0 Å². The quantitative estimate of drug-likeness (QED) is 0.307. The van der Waals surface area contributed by atoms with Gasteiger partial charge in [-0.1, -0.05) is 12.1 Å². The van der Waals surface area contributed by atoms with Gasteiger partial charge in [0.15, 0.2) is 0 Å². The summed E-state index contributed by atoms with van der Waals surface area (Å²) in [5, 5.41) is 7.11. The average Bonchev–Trinajstić information content (AvgIpc) is 3.35. The highest BCUT2D eigenvalue weighted by Gasteiger charge is 2.20. The number of hydrogen-bond donors (Lipinski definition) is 3. The van der Waals surface area contributed by atoms with Crippen LogP contribution < -0.4 is 19.8 Å². The molecule has 0 spiro atoms. The van der Waals surface area contributed by atoms with E-state index in [0.29, 0.717) is 34.2 Å². The van der Waals surface area contributed by atoms with Crippen LogP contribution in [0, 0.1) is 5.82 Å². The molecule has 0 radical (unpaired) electrons. The molecule has 1 saturated heterocycles. The molecular weight excluding hydrogens is 507 g/mol. The standard InChI is InChI=1S/C26H31FN8O2S/c1-4-35(38(3,36)37)23-8-6-5-7-21(23)30-25-19-11-12-28-24(19)31-26(32-25)29-18-9-10-22(20(27)17-18)34-15-13-33(2)14-16-34/h5-12,17H,4,13-16H2,1-3H3,(H3,28,29,30,31,32). The van der Waals surface area contributed by atoms with Crippen molar-refractivity contribution < 1.29 is 12.8 Å².